The van der Waals surface area contributed by atoms with Crippen LogP contribution in [0, 0.1) is 5.41 Å². The molecule has 2 nitrogen and oxygen atoms in total. The third-order valence-electron chi connectivity index (χ3n) is 4.54. The predicted molar refractivity (Wildman–Crippen MR) is 78.3 cm³/mol. The van der Waals surface area contributed by atoms with Crippen LogP contribution < -0.4 is 5.32 Å². The minimum atomic E-state index is 0.414. The van der Waals surface area contributed by atoms with Crippen molar-refractivity contribution in [2.75, 3.05) is 19.8 Å². The molecule has 19 heavy (non-hydrogen) atoms. The van der Waals surface area contributed by atoms with E-state index < -0.39 is 0 Å². The van der Waals surface area contributed by atoms with Gasteiger partial charge in [0.2, 0.25) is 0 Å². The van der Waals surface area contributed by atoms with Crippen molar-refractivity contribution < 1.29 is 4.74 Å². The highest BCUT2D eigenvalue weighted by Gasteiger charge is 2.35. The second-order valence-corrected chi connectivity index (χ2v) is 6.30. The average molecular weight is 259 g/mol. The van der Waals surface area contributed by atoms with Crippen LogP contribution in [0.1, 0.15) is 37.7 Å². The maximum Gasteiger partial charge on any atom is 0.0535 e. The number of benzene rings is 1. The van der Waals surface area contributed by atoms with Crippen LogP contribution in [0.2, 0.25) is 0 Å². The molecule has 1 aliphatic carbocycles. The molecule has 1 aromatic rings. The second kappa shape index (κ2) is 6.06. The van der Waals surface area contributed by atoms with E-state index in [1.165, 1.54) is 44.1 Å². The molecule has 1 N–H and O–H groups in total. The van der Waals surface area contributed by atoms with Gasteiger partial charge < -0.3 is 10.1 Å². The molecular weight excluding hydrogens is 234 g/mol. The molecule has 1 aliphatic heterocycles. The van der Waals surface area contributed by atoms with E-state index in [1.807, 2.05) is 0 Å². The molecule has 1 aromatic carbocycles. The zero-order valence-corrected chi connectivity index (χ0v) is 11.7. The summed E-state index contributed by atoms with van der Waals surface area (Å²) in [4.78, 5) is 0. The lowest BCUT2D eigenvalue weighted by molar-refractivity contribution is 0.142. The number of nitrogens with one attached hydrogen (secondary N) is 1. The van der Waals surface area contributed by atoms with Crippen LogP contribution in [0.5, 0.6) is 0 Å². The first-order chi connectivity index (χ1) is 9.36. The van der Waals surface area contributed by atoms with E-state index in [0.29, 0.717) is 5.41 Å². The Balaban J connectivity index is 1.47. The second-order valence-electron chi connectivity index (χ2n) is 6.30. The quantitative estimate of drug-likeness (QED) is 0.812. The van der Waals surface area contributed by atoms with E-state index in [-0.39, 0.29) is 0 Å². The lowest BCUT2D eigenvalue weighted by atomic mass is 9.81. The van der Waals surface area contributed by atoms with E-state index >= 15 is 0 Å². The van der Waals surface area contributed by atoms with Crippen LogP contribution in [0.15, 0.2) is 30.3 Å². The lowest BCUT2D eigenvalue weighted by Gasteiger charge is -2.28. The fraction of sp³-hybridized carbons (Fsp3) is 0.647. The van der Waals surface area contributed by atoms with Gasteiger partial charge in [-0.05, 0) is 44.1 Å². The first-order valence-electron chi connectivity index (χ1n) is 7.71. The Morgan fingerprint density at radius 2 is 2.05 bits per heavy atom. The van der Waals surface area contributed by atoms with Crippen molar-refractivity contribution >= 4 is 0 Å². The summed E-state index contributed by atoms with van der Waals surface area (Å²) in [5, 5.41) is 3.71. The fourth-order valence-corrected chi connectivity index (χ4v) is 3.03. The topological polar surface area (TPSA) is 21.3 Å². The average Bonchev–Trinajstić information content (AvgIpc) is 3.17. The SMILES string of the molecule is c1ccc(CCCC2(CNC3CC3)CCOC2)cc1. The molecule has 1 heterocycles. The smallest absolute Gasteiger partial charge is 0.0535 e. The van der Waals surface area contributed by atoms with Crippen molar-refractivity contribution in [3.63, 3.8) is 0 Å². The van der Waals surface area contributed by atoms with Gasteiger partial charge in [0.05, 0.1) is 6.61 Å². The van der Waals surface area contributed by atoms with Gasteiger partial charge in [-0.1, -0.05) is 30.3 Å². The van der Waals surface area contributed by atoms with Gasteiger partial charge in [-0.3, -0.25) is 0 Å². The van der Waals surface area contributed by atoms with Crippen molar-refractivity contribution in [1.82, 2.24) is 5.32 Å². The maximum absolute atomic E-state index is 5.68. The van der Waals surface area contributed by atoms with E-state index in [2.05, 4.69) is 35.6 Å². The largest absolute Gasteiger partial charge is 0.381 e. The highest BCUT2D eigenvalue weighted by molar-refractivity contribution is 5.14. The minimum Gasteiger partial charge on any atom is -0.381 e. The van der Waals surface area contributed by atoms with Crippen LogP contribution in [0.4, 0.5) is 0 Å². The van der Waals surface area contributed by atoms with Gasteiger partial charge in [-0.15, -0.1) is 0 Å². The number of aryl methyl sites for hydroxylation is 1. The maximum atomic E-state index is 5.68. The Kier molecular flexibility index (Phi) is 4.19. The van der Waals surface area contributed by atoms with Crippen molar-refractivity contribution in [3.8, 4) is 0 Å². The Bertz CT molecular complexity index is 380. The molecule has 3 rings (SSSR count). The molecule has 0 amide bonds. The molecule has 0 radical (unpaired) electrons. The van der Waals surface area contributed by atoms with E-state index in [1.54, 1.807) is 0 Å². The summed E-state index contributed by atoms with van der Waals surface area (Å²) in [5.74, 6) is 0. The summed E-state index contributed by atoms with van der Waals surface area (Å²) >= 11 is 0. The number of ether oxygens (including phenoxy) is 1. The van der Waals surface area contributed by atoms with Gasteiger partial charge in [0.15, 0.2) is 0 Å². The summed E-state index contributed by atoms with van der Waals surface area (Å²) in [6.45, 7) is 3.08. The summed E-state index contributed by atoms with van der Waals surface area (Å²) in [5.41, 5.74) is 1.88. The van der Waals surface area contributed by atoms with Crippen molar-refractivity contribution in [3.05, 3.63) is 35.9 Å². The molecule has 2 aliphatic rings. The number of hydrogen-bond acceptors (Lipinski definition) is 2. The molecule has 104 valence electrons. The zero-order chi connectivity index (χ0) is 13.0. The first kappa shape index (κ1) is 13.1. The summed E-state index contributed by atoms with van der Waals surface area (Å²) in [6.07, 6.45) is 7.76. The standard InChI is InChI=1S/C17H25NO/c1-2-5-15(6-3-1)7-4-10-17(11-12-19-14-17)13-18-16-8-9-16/h1-3,5-6,16,18H,4,7-14H2. The fourth-order valence-electron chi connectivity index (χ4n) is 3.03. The Hall–Kier alpha value is -0.860. The highest BCUT2D eigenvalue weighted by atomic mass is 16.5. The highest BCUT2D eigenvalue weighted by Crippen LogP contribution is 2.34. The molecule has 2 heteroatoms. The Morgan fingerprint density at radius 1 is 1.21 bits per heavy atom. The lowest BCUT2D eigenvalue weighted by Crippen LogP contribution is -2.36. The molecule has 1 saturated heterocycles. The Morgan fingerprint density at radius 3 is 2.74 bits per heavy atom. The zero-order valence-electron chi connectivity index (χ0n) is 11.7. The number of rotatable bonds is 7. The summed E-state index contributed by atoms with van der Waals surface area (Å²) in [6, 6.07) is 11.7. The van der Waals surface area contributed by atoms with Crippen molar-refractivity contribution in [2.24, 2.45) is 5.41 Å². The molecule has 0 spiro atoms. The van der Waals surface area contributed by atoms with E-state index in [4.69, 9.17) is 4.74 Å². The minimum absolute atomic E-state index is 0.414. The van der Waals surface area contributed by atoms with Gasteiger partial charge in [0, 0.05) is 24.6 Å². The molecule has 1 unspecified atom stereocenters. The van der Waals surface area contributed by atoms with Crippen LogP contribution in [0.25, 0.3) is 0 Å². The van der Waals surface area contributed by atoms with Crippen molar-refractivity contribution in [2.45, 2.75) is 44.6 Å². The van der Waals surface area contributed by atoms with Crippen LogP contribution in [0.3, 0.4) is 0 Å². The van der Waals surface area contributed by atoms with Crippen LogP contribution in [-0.4, -0.2) is 25.8 Å². The Labute approximate surface area is 116 Å². The van der Waals surface area contributed by atoms with Gasteiger partial charge in [0.25, 0.3) is 0 Å². The molecule has 1 atom stereocenters. The van der Waals surface area contributed by atoms with Crippen LogP contribution >= 0.6 is 0 Å². The summed E-state index contributed by atoms with van der Waals surface area (Å²) < 4.78 is 5.68. The van der Waals surface area contributed by atoms with Crippen LogP contribution in [-0.2, 0) is 11.2 Å². The van der Waals surface area contributed by atoms with Crippen molar-refractivity contribution in [1.29, 1.82) is 0 Å². The van der Waals surface area contributed by atoms with Gasteiger partial charge in [-0.2, -0.15) is 0 Å². The first-order valence-corrected chi connectivity index (χ1v) is 7.71. The molecule has 0 aromatic heterocycles. The van der Waals surface area contributed by atoms with Gasteiger partial charge >= 0.3 is 0 Å². The van der Waals surface area contributed by atoms with Gasteiger partial charge in [-0.25, -0.2) is 0 Å². The van der Waals surface area contributed by atoms with Gasteiger partial charge in [0.1, 0.15) is 0 Å². The molecule has 1 saturated carbocycles. The summed E-state index contributed by atoms with van der Waals surface area (Å²) in [7, 11) is 0. The third-order valence-corrected chi connectivity index (χ3v) is 4.54. The molecule has 2 fully saturated rings. The van der Waals surface area contributed by atoms with E-state index in [9.17, 15) is 0 Å². The predicted octanol–water partition coefficient (Wildman–Crippen LogP) is 3.17. The van der Waals surface area contributed by atoms with E-state index in [0.717, 1.165) is 25.8 Å². The monoisotopic (exact) mass is 259 g/mol. The molecule has 0 bridgehead atoms. The molecular formula is C17H25NO. The normalized spacial score (nSPS) is 26.7. The number of hydrogen-bond donors (Lipinski definition) is 1. The third kappa shape index (κ3) is 3.80.